The molecule has 0 aliphatic carbocycles. The summed E-state index contributed by atoms with van der Waals surface area (Å²) in [5.74, 6) is 0.852. The molecule has 4 heteroatoms. The van der Waals surface area contributed by atoms with Crippen LogP contribution in [0.5, 0.6) is 5.75 Å². The van der Waals surface area contributed by atoms with Gasteiger partial charge in [0.2, 0.25) is 0 Å². The number of nitrogens with zero attached hydrogens (tertiary/aromatic N) is 1. The second kappa shape index (κ2) is 6.72. The molecule has 0 heterocycles. The third kappa shape index (κ3) is 4.32. The number of hydrogen-bond acceptors (Lipinski definition) is 3. The van der Waals surface area contributed by atoms with Gasteiger partial charge in [-0.05, 0) is 53.5 Å². The maximum atomic E-state index is 12.3. The molecule has 0 aliphatic heterocycles. The predicted octanol–water partition coefficient (Wildman–Crippen LogP) is 4.01. The van der Waals surface area contributed by atoms with Crippen LogP contribution in [0.25, 0.3) is 0 Å². The lowest BCUT2D eigenvalue weighted by molar-refractivity contribution is 0.0853. The zero-order valence-electron chi connectivity index (χ0n) is 13.2. The van der Waals surface area contributed by atoms with Gasteiger partial charge in [0.15, 0.2) is 5.78 Å². The fourth-order valence-electron chi connectivity index (χ4n) is 1.96. The summed E-state index contributed by atoms with van der Waals surface area (Å²) in [5, 5.41) is 0. The number of benzene rings is 1. The second-order valence-corrected chi connectivity index (χ2v) is 7.08. The third-order valence-corrected chi connectivity index (χ3v) is 4.40. The summed E-state index contributed by atoms with van der Waals surface area (Å²) in [4.78, 5) is 14.4. The van der Waals surface area contributed by atoms with E-state index in [1.54, 1.807) is 7.11 Å². The van der Waals surface area contributed by atoms with Crippen LogP contribution in [0.1, 0.15) is 38.1 Å². The molecule has 0 amide bonds. The monoisotopic (exact) mass is 341 g/mol. The Morgan fingerprint density at radius 2 is 2.00 bits per heavy atom. The molecule has 20 heavy (non-hydrogen) atoms. The molecule has 3 nitrogen and oxygen atoms in total. The molecule has 0 aromatic heterocycles. The molecular formula is C16H24BrNO2. The number of likely N-dealkylation sites (N-methyl/N-ethyl adjacent to an activating group) is 1. The molecule has 0 saturated heterocycles. The van der Waals surface area contributed by atoms with E-state index in [-0.39, 0.29) is 11.2 Å². The van der Waals surface area contributed by atoms with Crippen molar-refractivity contribution < 1.29 is 9.53 Å². The number of ketones is 1. The van der Waals surface area contributed by atoms with Gasteiger partial charge in [0.25, 0.3) is 0 Å². The maximum absolute atomic E-state index is 12.3. The average Bonchev–Trinajstić information content (AvgIpc) is 2.36. The highest BCUT2D eigenvalue weighted by atomic mass is 79.9. The van der Waals surface area contributed by atoms with Crippen molar-refractivity contribution in [3.05, 3.63) is 28.2 Å². The summed E-state index contributed by atoms with van der Waals surface area (Å²) in [7, 11) is 3.60. The van der Waals surface area contributed by atoms with E-state index in [2.05, 4.69) is 48.5 Å². The normalized spacial score (nSPS) is 13.4. The first-order chi connectivity index (χ1) is 9.16. The van der Waals surface area contributed by atoms with Crippen LogP contribution in [0.2, 0.25) is 0 Å². The standard InChI is InChI=1S/C16H24BrNO2/c1-11(16(2,3)4)18(5)10-14(19)12-7-8-15(20-6)13(17)9-12/h7-9,11H,10H2,1-6H3. The van der Waals surface area contributed by atoms with Crippen molar-refractivity contribution >= 4 is 21.7 Å². The highest BCUT2D eigenvalue weighted by Gasteiger charge is 2.25. The summed E-state index contributed by atoms with van der Waals surface area (Å²) in [6, 6.07) is 5.76. The number of Topliss-reactive ketones (excluding diaryl/α,β-unsaturated/α-hetero) is 1. The molecule has 0 radical (unpaired) electrons. The minimum Gasteiger partial charge on any atom is -0.496 e. The molecule has 0 aliphatic rings. The quantitative estimate of drug-likeness (QED) is 0.758. The summed E-state index contributed by atoms with van der Waals surface area (Å²) < 4.78 is 5.98. The predicted molar refractivity (Wildman–Crippen MR) is 86.6 cm³/mol. The molecule has 1 rings (SSSR count). The first-order valence-electron chi connectivity index (χ1n) is 6.73. The van der Waals surface area contributed by atoms with Crippen molar-refractivity contribution in [2.75, 3.05) is 20.7 Å². The number of hydrogen-bond donors (Lipinski definition) is 0. The van der Waals surface area contributed by atoms with Gasteiger partial charge in [-0.25, -0.2) is 0 Å². The largest absolute Gasteiger partial charge is 0.496 e. The van der Waals surface area contributed by atoms with Crippen LogP contribution >= 0.6 is 15.9 Å². The number of methoxy groups -OCH3 is 1. The average molecular weight is 342 g/mol. The van der Waals surface area contributed by atoms with Crippen LogP contribution < -0.4 is 4.74 Å². The molecule has 112 valence electrons. The van der Waals surface area contributed by atoms with Crippen molar-refractivity contribution in [2.45, 2.75) is 33.7 Å². The third-order valence-electron chi connectivity index (χ3n) is 3.78. The van der Waals surface area contributed by atoms with Gasteiger partial charge in [-0.15, -0.1) is 0 Å². The lowest BCUT2D eigenvalue weighted by Gasteiger charge is -2.35. The summed E-state index contributed by atoms with van der Waals surface area (Å²) in [6.45, 7) is 9.11. The number of carbonyl (C=O) groups excluding carboxylic acids is 1. The lowest BCUT2D eigenvalue weighted by Crippen LogP contribution is -2.41. The van der Waals surface area contributed by atoms with E-state index < -0.39 is 0 Å². The van der Waals surface area contributed by atoms with Crippen LogP contribution in [0, 0.1) is 5.41 Å². The Bertz CT molecular complexity index is 480. The minimum atomic E-state index is 0.118. The van der Waals surface area contributed by atoms with Crippen LogP contribution in [0.4, 0.5) is 0 Å². The molecule has 1 aromatic carbocycles. The number of halogens is 1. The maximum Gasteiger partial charge on any atom is 0.176 e. The minimum absolute atomic E-state index is 0.118. The van der Waals surface area contributed by atoms with E-state index in [0.29, 0.717) is 18.2 Å². The number of rotatable bonds is 5. The van der Waals surface area contributed by atoms with Crippen molar-refractivity contribution in [1.29, 1.82) is 0 Å². The summed E-state index contributed by atoms with van der Waals surface area (Å²) >= 11 is 3.41. The van der Waals surface area contributed by atoms with Gasteiger partial charge in [-0.2, -0.15) is 0 Å². The van der Waals surface area contributed by atoms with Crippen LogP contribution in [0.15, 0.2) is 22.7 Å². The molecule has 0 fully saturated rings. The number of carbonyl (C=O) groups is 1. The number of ether oxygens (including phenoxy) is 1. The Morgan fingerprint density at radius 1 is 1.40 bits per heavy atom. The summed E-state index contributed by atoms with van der Waals surface area (Å²) in [6.07, 6.45) is 0. The van der Waals surface area contributed by atoms with Crippen molar-refractivity contribution in [3.8, 4) is 5.75 Å². The summed E-state index contributed by atoms with van der Waals surface area (Å²) in [5.41, 5.74) is 0.848. The van der Waals surface area contributed by atoms with Gasteiger partial charge in [0.1, 0.15) is 5.75 Å². The first-order valence-corrected chi connectivity index (χ1v) is 7.53. The van der Waals surface area contributed by atoms with E-state index in [1.165, 1.54) is 0 Å². The van der Waals surface area contributed by atoms with Crippen LogP contribution in [0.3, 0.4) is 0 Å². The van der Waals surface area contributed by atoms with Gasteiger partial charge in [-0.3, -0.25) is 9.69 Å². The van der Waals surface area contributed by atoms with Gasteiger partial charge in [0, 0.05) is 11.6 Å². The van der Waals surface area contributed by atoms with Gasteiger partial charge in [-0.1, -0.05) is 20.8 Å². The molecule has 1 unspecified atom stereocenters. The SMILES string of the molecule is COc1ccc(C(=O)CN(C)C(C)C(C)(C)C)cc1Br. The Balaban J connectivity index is 2.79. The highest BCUT2D eigenvalue weighted by molar-refractivity contribution is 9.10. The molecule has 0 bridgehead atoms. The molecule has 1 aromatic rings. The molecule has 0 spiro atoms. The molecule has 0 N–H and O–H groups in total. The Morgan fingerprint density at radius 3 is 2.45 bits per heavy atom. The van der Waals surface area contributed by atoms with Gasteiger partial charge in [0.05, 0.1) is 18.1 Å². The topological polar surface area (TPSA) is 29.5 Å². The first kappa shape index (κ1) is 17.2. The Hall–Kier alpha value is -0.870. The van der Waals surface area contributed by atoms with Crippen LogP contribution in [-0.2, 0) is 0 Å². The van der Waals surface area contributed by atoms with Gasteiger partial charge >= 0.3 is 0 Å². The van der Waals surface area contributed by atoms with E-state index >= 15 is 0 Å². The lowest BCUT2D eigenvalue weighted by atomic mass is 9.87. The second-order valence-electron chi connectivity index (χ2n) is 6.23. The Labute approximate surface area is 130 Å². The Kier molecular flexibility index (Phi) is 5.78. The fourth-order valence-corrected chi connectivity index (χ4v) is 2.50. The fraction of sp³-hybridized carbons (Fsp3) is 0.562. The molecule has 0 saturated carbocycles. The smallest absolute Gasteiger partial charge is 0.176 e. The van der Waals surface area contributed by atoms with E-state index in [0.717, 1.165) is 10.2 Å². The van der Waals surface area contributed by atoms with E-state index in [9.17, 15) is 4.79 Å². The molecular weight excluding hydrogens is 318 g/mol. The van der Waals surface area contributed by atoms with Gasteiger partial charge < -0.3 is 4.74 Å². The molecule has 1 atom stereocenters. The van der Waals surface area contributed by atoms with Crippen molar-refractivity contribution in [1.82, 2.24) is 4.90 Å². The van der Waals surface area contributed by atoms with Crippen LogP contribution in [-0.4, -0.2) is 37.4 Å². The zero-order valence-corrected chi connectivity index (χ0v) is 14.7. The van der Waals surface area contributed by atoms with Crippen molar-refractivity contribution in [2.24, 2.45) is 5.41 Å². The van der Waals surface area contributed by atoms with Crippen molar-refractivity contribution in [3.63, 3.8) is 0 Å². The highest BCUT2D eigenvalue weighted by Crippen LogP contribution is 2.26. The zero-order chi connectivity index (χ0) is 15.5. The van der Waals surface area contributed by atoms with E-state index in [1.807, 2.05) is 25.2 Å². The van der Waals surface area contributed by atoms with E-state index in [4.69, 9.17) is 4.74 Å².